The maximum Gasteiger partial charge on any atom is 0.191 e. The highest BCUT2D eigenvalue weighted by Crippen LogP contribution is 2.24. The lowest BCUT2D eigenvalue weighted by Gasteiger charge is -1.96. The van der Waals surface area contributed by atoms with Crippen molar-refractivity contribution in [2.45, 2.75) is 6.92 Å². The molecule has 1 aromatic carbocycles. The molecule has 0 N–H and O–H groups in total. The topological polar surface area (TPSA) is 4.36 Å². The van der Waals surface area contributed by atoms with Gasteiger partial charge in [0.15, 0.2) is 5.69 Å². The molecule has 1 nitrogen and oxygen atoms in total. The van der Waals surface area contributed by atoms with Crippen LogP contribution in [0.2, 0.25) is 5.02 Å². The van der Waals surface area contributed by atoms with Crippen LogP contribution in [0.5, 0.6) is 0 Å². The van der Waals surface area contributed by atoms with E-state index in [0.717, 1.165) is 5.56 Å². The van der Waals surface area contributed by atoms with Crippen LogP contribution in [0.3, 0.4) is 0 Å². The monoisotopic (exact) mass is 221 g/mol. The van der Waals surface area contributed by atoms with Crippen molar-refractivity contribution in [2.24, 2.45) is 0 Å². The van der Waals surface area contributed by atoms with E-state index in [1.165, 1.54) is 0 Å². The van der Waals surface area contributed by atoms with Crippen molar-refractivity contribution < 1.29 is 24.8 Å². The first-order chi connectivity index (χ1) is 4.75. The molecule has 0 fully saturated rings. The molecular formula is C8H6Cl3N-2. The molecule has 0 saturated heterocycles. The van der Waals surface area contributed by atoms with Crippen molar-refractivity contribution in [2.75, 3.05) is 0 Å². The van der Waals surface area contributed by atoms with E-state index < -0.39 is 0 Å². The van der Waals surface area contributed by atoms with Gasteiger partial charge in [-0.15, -0.1) is 0 Å². The summed E-state index contributed by atoms with van der Waals surface area (Å²) in [4.78, 5) is 3.30. The molecule has 0 aliphatic rings. The van der Waals surface area contributed by atoms with Gasteiger partial charge in [0.25, 0.3) is 0 Å². The van der Waals surface area contributed by atoms with Crippen LogP contribution in [0, 0.1) is 13.5 Å². The minimum absolute atomic E-state index is 0. The molecule has 12 heavy (non-hydrogen) atoms. The van der Waals surface area contributed by atoms with E-state index >= 15 is 0 Å². The summed E-state index contributed by atoms with van der Waals surface area (Å²) >= 11 is 5.75. The van der Waals surface area contributed by atoms with Crippen LogP contribution in [0.25, 0.3) is 4.85 Å². The lowest BCUT2D eigenvalue weighted by Crippen LogP contribution is -3.00. The van der Waals surface area contributed by atoms with E-state index in [1.807, 2.05) is 6.92 Å². The second kappa shape index (κ2) is 6.14. The fourth-order valence-corrected chi connectivity index (χ4v) is 0.887. The molecule has 0 radical (unpaired) electrons. The summed E-state index contributed by atoms with van der Waals surface area (Å²) < 4.78 is 0. The molecule has 0 heterocycles. The minimum Gasteiger partial charge on any atom is -1.00 e. The Morgan fingerprint density at radius 1 is 1.33 bits per heavy atom. The molecule has 0 amide bonds. The Hall–Kier alpha value is -0.420. The first kappa shape index (κ1) is 14.1. The molecule has 0 saturated carbocycles. The number of benzene rings is 1. The van der Waals surface area contributed by atoms with Crippen LogP contribution < -0.4 is 24.8 Å². The Bertz CT molecular complexity index is 291. The fourth-order valence-electron chi connectivity index (χ4n) is 0.717. The summed E-state index contributed by atoms with van der Waals surface area (Å²) in [5.41, 5.74) is 1.49. The third kappa shape index (κ3) is 2.91. The molecule has 0 bridgehead atoms. The van der Waals surface area contributed by atoms with Gasteiger partial charge >= 0.3 is 0 Å². The van der Waals surface area contributed by atoms with Gasteiger partial charge < -0.3 is 24.8 Å². The number of hydrogen-bond donors (Lipinski definition) is 0. The SMILES string of the molecule is [C-]#[N+]c1cccc(Cl)c1C.[Cl-].[Cl-]. The molecule has 0 spiro atoms. The standard InChI is InChI=1S/C8H6ClN.2ClH/c1-6-7(9)4-3-5-8(6)10-2;;/h3-5H,1H3;2*1H/p-2. The molecule has 0 aromatic heterocycles. The van der Waals surface area contributed by atoms with Gasteiger partial charge in [0, 0.05) is 5.02 Å². The Balaban J connectivity index is 0. The molecule has 66 valence electrons. The van der Waals surface area contributed by atoms with E-state index in [2.05, 4.69) is 4.85 Å². The van der Waals surface area contributed by atoms with Gasteiger partial charge in [0.2, 0.25) is 0 Å². The predicted molar refractivity (Wildman–Crippen MR) is 42.5 cm³/mol. The van der Waals surface area contributed by atoms with Crippen LogP contribution in [0.4, 0.5) is 5.69 Å². The second-order valence-electron chi connectivity index (χ2n) is 2.00. The third-order valence-electron chi connectivity index (χ3n) is 1.36. The minimum atomic E-state index is 0. The molecule has 1 rings (SSSR count). The van der Waals surface area contributed by atoms with E-state index in [4.69, 9.17) is 18.2 Å². The van der Waals surface area contributed by atoms with Crippen LogP contribution in [0.1, 0.15) is 5.56 Å². The van der Waals surface area contributed by atoms with Crippen molar-refractivity contribution >= 4 is 17.3 Å². The van der Waals surface area contributed by atoms with Gasteiger partial charge in [0.05, 0.1) is 6.57 Å². The molecule has 4 heteroatoms. The largest absolute Gasteiger partial charge is 1.00 e. The van der Waals surface area contributed by atoms with E-state index in [1.54, 1.807) is 18.2 Å². The zero-order valence-corrected chi connectivity index (χ0v) is 8.58. The maximum atomic E-state index is 6.75. The van der Waals surface area contributed by atoms with Gasteiger partial charge in [-0.3, -0.25) is 0 Å². The van der Waals surface area contributed by atoms with E-state index in [9.17, 15) is 0 Å². The van der Waals surface area contributed by atoms with Gasteiger partial charge in [-0.1, -0.05) is 23.7 Å². The molecule has 0 aliphatic carbocycles. The van der Waals surface area contributed by atoms with E-state index in [0.29, 0.717) is 10.7 Å². The molecule has 0 unspecified atom stereocenters. The summed E-state index contributed by atoms with van der Waals surface area (Å²) in [7, 11) is 0. The number of halogens is 3. The summed E-state index contributed by atoms with van der Waals surface area (Å²) in [5, 5.41) is 0.661. The molecule has 0 aliphatic heterocycles. The molecular weight excluding hydrogens is 216 g/mol. The van der Waals surface area contributed by atoms with Gasteiger partial charge in [-0.05, 0) is 18.6 Å². The molecule has 0 atom stereocenters. The average Bonchev–Trinajstić information content (AvgIpc) is 1.95. The predicted octanol–water partition coefficient (Wildman–Crippen LogP) is -2.79. The highest BCUT2D eigenvalue weighted by Gasteiger charge is 1.98. The zero-order chi connectivity index (χ0) is 7.56. The van der Waals surface area contributed by atoms with Gasteiger partial charge in [-0.2, -0.15) is 0 Å². The summed E-state index contributed by atoms with van der Waals surface area (Å²) in [6.45, 7) is 8.59. The van der Waals surface area contributed by atoms with Crippen LogP contribution in [-0.2, 0) is 0 Å². The van der Waals surface area contributed by atoms with Gasteiger partial charge in [-0.25, -0.2) is 4.85 Å². The summed E-state index contributed by atoms with van der Waals surface area (Å²) in [5.74, 6) is 0. The summed E-state index contributed by atoms with van der Waals surface area (Å²) in [6.07, 6.45) is 0. The highest BCUT2D eigenvalue weighted by atomic mass is 35.5. The number of rotatable bonds is 0. The second-order valence-corrected chi connectivity index (χ2v) is 2.40. The molecule has 1 aromatic rings. The van der Waals surface area contributed by atoms with Crippen molar-refractivity contribution in [1.82, 2.24) is 0 Å². The quantitative estimate of drug-likeness (QED) is 0.418. The highest BCUT2D eigenvalue weighted by molar-refractivity contribution is 6.31. The lowest BCUT2D eigenvalue weighted by atomic mass is 10.2. The Labute approximate surface area is 89.4 Å². The third-order valence-corrected chi connectivity index (χ3v) is 1.77. The number of hydrogen-bond acceptors (Lipinski definition) is 0. The number of nitrogens with zero attached hydrogens (tertiary/aromatic N) is 1. The zero-order valence-electron chi connectivity index (χ0n) is 6.31. The normalized spacial score (nSPS) is 7.42. The van der Waals surface area contributed by atoms with Crippen molar-refractivity contribution in [3.05, 3.63) is 40.2 Å². The Kier molecular flexibility index (Phi) is 7.22. The Morgan fingerprint density at radius 2 is 1.92 bits per heavy atom. The first-order valence-corrected chi connectivity index (χ1v) is 3.26. The van der Waals surface area contributed by atoms with Crippen molar-refractivity contribution in [3.63, 3.8) is 0 Å². The van der Waals surface area contributed by atoms with Crippen molar-refractivity contribution in [3.8, 4) is 0 Å². The van der Waals surface area contributed by atoms with Crippen molar-refractivity contribution in [1.29, 1.82) is 0 Å². The fraction of sp³-hybridized carbons (Fsp3) is 0.125. The van der Waals surface area contributed by atoms with E-state index in [-0.39, 0.29) is 24.8 Å². The van der Waals surface area contributed by atoms with Gasteiger partial charge in [0.1, 0.15) is 0 Å². The first-order valence-electron chi connectivity index (χ1n) is 2.88. The van der Waals surface area contributed by atoms with Crippen LogP contribution in [-0.4, -0.2) is 0 Å². The maximum absolute atomic E-state index is 6.75. The Morgan fingerprint density at radius 3 is 2.33 bits per heavy atom. The summed E-state index contributed by atoms with van der Waals surface area (Å²) in [6, 6.07) is 5.32. The van der Waals surface area contributed by atoms with Crippen LogP contribution >= 0.6 is 11.6 Å². The average molecular weight is 223 g/mol. The smallest absolute Gasteiger partial charge is 0.191 e. The van der Waals surface area contributed by atoms with Crippen LogP contribution in [0.15, 0.2) is 18.2 Å². The lowest BCUT2D eigenvalue weighted by molar-refractivity contribution is -0.00100.